The van der Waals surface area contributed by atoms with E-state index in [1.54, 1.807) is 7.11 Å². The zero-order chi connectivity index (χ0) is 15.7. The first-order chi connectivity index (χ1) is 10.6. The van der Waals surface area contributed by atoms with Gasteiger partial charge in [-0.1, -0.05) is 12.1 Å². The normalized spacial score (nSPS) is 13.6. The van der Waals surface area contributed by atoms with E-state index in [0.717, 1.165) is 23.9 Å². The molecule has 0 radical (unpaired) electrons. The number of aromatic nitrogens is 2. The maximum atomic E-state index is 10.8. The van der Waals surface area contributed by atoms with Crippen molar-refractivity contribution in [2.24, 2.45) is 0 Å². The van der Waals surface area contributed by atoms with Crippen LogP contribution in [-0.2, 0) is 13.0 Å². The van der Waals surface area contributed by atoms with E-state index in [1.807, 2.05) is 23.1 Å². The molecule has 1 aromatic heterocycles. The van der Waals surface area contributed by atoms with Gasteiger partial charge in [-0.2, -0.15) is 4.98 Å². The molecule has 0 amide bonds. The zero-order valence-electron chi connectivity index (χ0n) is 12.0. The van der Waals surface area contributed by atoms with Gasteiger partial charge < -0.3 is 15.4 Å². The quantitative estimate of drug-likeness (QED) is 0.676. The van der Waals surface area contributed by atoms with Crippen LogP contribution in [0.25, 0.3) is 0 Å². The second-order valence-electron chi connectivity index (χ2n) is 4.97. The van der Waals surface area contributed by atoms with Gasteiger partial charge >= 0.3 is 5.69 Å². The standard InChI is InChI=1S/C14H15N5O3/c1-22-12-4-2-3-9-8-18(6-5-10(9)12)14-16-7-11(19(20)21)13(15)17-14/h2-4,7H,5-6,8H2,1H3,(H2,15,16,17). The van der Waals surface area contributed by atoms with Crippen LogP contribution < -0.4 is 15.4 Å². The summed E-state index contributed by atoms with van der Waals surface area (Å²) in [6, 6.07) is 5.90. The van der Waals surface area contributed by atoms with Gasteiger partial charge in [0.2, 0.25) is 11.8 Å². The molecule has 114 valence electrons. The first-order valence-corrected chi connectivity index (χ1v) is 6.76. The molecule has 0 bridgehead atoms. The molecule has 0 aliphatic carbocycles. The Kier molecular flexibility index (Phi) is 3.50. The number of ether oxygens (including phenoxy) is 1. The average Bonchev–Trinajstić information content (AvgIpc) is 2.53. The number of fused-ring (bicyclic) bond motifs is 1. The topological polar surface area (TPSA) is 107 Å². The van der Waals surface area contributed by atoms with Crippen molar-refractivity contribution in [2.45, 2.75) is 13.0 Å². The number of benzene rings is 1. The van der Waals surface area contributed by atoms with E-state index < -0.39 is 4.92 Å². The van der Waals surface area contributed by atoms with Crippen molar-refractivity contribution >= 4 is 17.5 Å². The van der Waals surface area contributed by atoms with Crippen molar-refractivity contribution in [3.8, 4) is 5.75 Å². The third-order valence-corrected chi connectivity index (χ3v) is 3.71. The second kappa shape index (κ2) is 5.47. The summed E-state index contributed by atoms with van der Waals surface area (Å²) in [6.07, 6.45) is 1.94. The summed E-state index contributed by atoms with van der Waals surface area (Å²) < 4.78 is 5.37. The van der Waals surface area contributed by atoms with Crippen LogP contribution in [0.2, 0.25) is 0 Å². The van der Waals surface area contributed by atoms with Crippen molar-refractivity contribution in [3.05, 3.63) is 45.6 Å². The van der Waals surface area contributed by atoms with Gasteiger partial charge in [-0.3, -0.25) is 10.1 Å². The summed E-state index contributed by atoms with van der Waals surface area (Å²) in [6.45, 7) is 1.31. The van der Waals surface area contributed by atoms with Gasteiger partial charge in [0.25, 0.3) is 0 Å². The molecule has 22 heavy (non-hydrogen) atoms. The molecule has 8 nitrogen and oxygen atoms in total. The Labute approximate surface area is 126 Å². The van der Waals surface area contributed by atoms with Crippen LogP contribution in [0.4, 0.5) is 17.5 Å². The first kappa shape index (κ1) is 14.1. The molecule has 1 aliphatic heterocycles. The molecule has 8 heteroatoms. The number of nitrogens with zero attached hydrogens (tertiary/aromatic N) is 4. The molecule has 2 N–H and O–H groups in total. The highest BCUT2D eigenvalue weighted by molar-refractivity contribution is 5.55. The van der Waals surface area contributed by atoms with E-state index in [-0.39, 0.29) is 11.5 Å². The summed E-state index contributed by atoms with van der Waals surface area (Å²) in [7, 11) is 1.65. The third-order valence-electron chi connectivity index (χ3n) is 3.71. The zero-order valence-corrected chi connectivity index (χ0v) is 12.0. The Hall–Kier alpha value is -2.90. The molecule has 0 spiro atoms. The highest BCUT2D eigenvalue weighted by atomic mass is 16.6. The number of nitrogens with two attached hydrogens (primary N) is 1. The molecule has 0 unspecified atom stereocenters. The monoisotopic (exact) mass is 301 g/mol. The van der Waals surface area contributed by atoms with E-state index in [2.05, 4.69) is 9.97 Å². The van der Waals surface area contributed by atoms with Gasteiger partial charge in [-0.05, 0) is 18.1 Å². The lowest BCUT2D eigenvalue weighted by Crippen LogP contribution is -2.32. The fourth-order valence-corrected chi connectivity index (χ4v) is 2.61. The lowest BCUT2D eigenvalue weighted by molar-refractivity contribution is -0.384. The summed E-state index contributed by atoms with van der Waals surface area (Å²) in [5.41, 5.74) is 7.66. The molecule has 0 saturated carbocycles. The first-order valence-electron chi connectivity index (χ1n) is 6.76. The van der Waals surface area contributed by atoms with Crippen LogP contribution in [0.5, 0.6) is 5.75 Å². The van der Waals surface area contributed by atoms with E-state index in [0.29, 0.717) is 19.0 Å². The van der Waals surface area contributed by atoms with Crippen LogP contribution in [0.15, 0.2) is 24.4 Å². The Morgan fingerprint density at radius 3 is 2.95 bits per heavy atom. The minimum Gasteiger partial charge on any atom is -0.496 e. The Morgan fingerprint density at radius 2 is 2.27 bits per heavy atom. The minimum absolute atomic E-state index is 0.119. The SMILES string of the molecule is COc1cccc2c1CCN(c1ncc([N+](=O)[O-])c(N)n1)C2. The van der Waals surface area contributed by atoms with Crippen molar-refractivity contribution in [2.75, 3.05) is 24.3 Å². The molecule has 2 heterocycles. The summed E-state index contributed by atoms with van der Waals surface area (Å²) in [5.74, 6) is 1.16. The predicted molar refractivity (Wildman–Crippen MR) is 80.8 cm³/mol. The van der Waals surface area contributed by atoms with Gasteiger partial charge in [0.1, 0.15) is 11.9 Å². The van der Waals surface area contributed by atoms with Crippen molar-refractivity contribution in [3.63, 3.8) is 0 Å². The smallest absolute Gasteiger partial charge is 0.329 e. The number of hydrogen-bond acceptors (Lipinski definition) is 7. The lowest BCUT2D eigenvalue weighted by Gasteiger charge is -2.29. The van der Waals surface area contributed by atoms with Crippen LogP contribution >= 0.6 is 0 Å². The fourth-order valence-electron chi connectivity index (χ4n) is 2.61. The molecule has 1 aromatic carbocycles. The largest absolute Gasteiger partial charge is 0.496 e. The van der Waals surface area contributed by atoms with Gasteiger partial charge in [0, 0.05) is 18.7 Å². The number of anilines is 2. The predicted octanol–water partition coefficient (Wildman–Crippen LogP) is 1.54. The fraction of sp³-hybridized carbons (Fsp3) is 0.286. The molecule has 0 saturated heterocycles. The molecule has 3 rings (SSSR count). The lowest BCUT2D eigenvalue weighted by atomic mass is 9.99. The summed E-state index contributed by atoms with van der Waals surface area (Å²) >= 11 is 0. The number of methoxy groups -OCH3 is 1. The average molecular weight is 301 g/mol. The van der Waals surface area contributed by atoms with E-state index in [4.69, 9.17) is 10.5 Å². The maximum absolute atomic E-state index is 10.8. The molecule has 2 aromatic rings. The molecule has 0 fully saturated rings. The highest BCUT2D eigenvalue weighted by Gasteiger charge is 2.23. The van der Waals surface area contributed by atoms with Gasteiger partial charge in [0.15, 0.2) is 0 Å². The van der Waals surface area contributed by atoms with E-state index >= 15 is 0 Å². The number of rotatable bonds is 3. The molecule has 1 aliphatic rings. The van der Waals surface area contributed by atoms with Crippen molar-refractivity contribution in [1.82, 2.24) is 9.97 Å². The number of nitro groups is 1. The van der Waals surface area contributed by atoms with Gasteiger partial charge in [-0.15, -0.1) is 0 Å². The number of nitrogen functional groups attached to an aromatic ring is 1. The number of hydrogen-bond donors (Lipinski definition) is 1. The highest BCUT2D eigenvalue weighted by Crippen LogP contribution is 2.30. The van der Waals surface area contributed by atoms with Crippen molar-refractivity contribution in [1.29, 1.82) is 0 Å². The Balaban J connectivity index is 1.89. The summed E-state index contributed by atoms with van der Waals surface area (Å²) in [4.78, 5) is 20.2. The Bertz CT molecular complexity index is 734. The van der Waals surface area contributed by atoms with Crippen LogP contribution in [0, 0.1) is 10.1 Å². The second-order valence-corrected chi connectivity index (χ2v) is 4.97. The van der Waals surface area contributed by atoms with Crippen LogP contribution in [0.3, 0.4) is 0 Å². The van der Waals surface area contributed by atoms with E-state index in [1.165, 1.54) is 5.56 Å². The van der Waals surface area contributed by atoms with Crippen molar-refractivity contribution < 1.29 is 9.66 Å². The minimum atomic E-state index is -0.588. The Morgan fingerprint density at radius 1 is 1.45 bits per heavy atom. The molecule has 0 atom stereocenters. The molecular formula is C14H15N5O3. The molecular weight excluding hydrogens is 286 g/mol. The van der Waals surface area contributed by atoms with Crippen LogP contribution in [0.1, 0.15) is 11.1 Å². The van der Waals surface area contributed by atoms with Crippen LogP contribution in [-0.4, -0.2) is 28.5 Å². The third kappa shape index (κ3) is 2.39. The van der Waals surface area contributed by atoms with E-state index in [9.17, 15) is 10.1 Å². The summed E-state index contributed by atoms with van der Waals surface area (Å²) in [5, 5.41) is 10.8. The van der Waals surface area contributed by atoms with Gasteiger partial charge in [0.05, 0.1) is 12.0 Å². The maximum Gasteiger partial charge on any atom is 0.329 e. The van der Waals surface area contributed by atoms with Gasteiger partial charge in [-0.25, -0.2) is 4.98 Å².